The molecule has 1 fully saturated rings. The summed E-state index contributed by atoms with van der Waals surface area (Å²) < 4.78 is 23.0. The molecule has 1 aliphatic rings. The molecule has 25 heavy (non-hydrogen) atoms. The number of fused-ring (bicyclic) bond motifs is 1. The Kier molecular flexibility index (Phi) is 3.81. The van der Waals surface area contributed by atoms with E-state index in [0.29, 0.717) is 23.2 Å². The molecule has 2 heterocycles. The van der Waals surface area contributed by atoms with Gasteiger partial charge in [-0.2, -0.15) is 9.97 Å². The van der Waals surface area contributed by atoms with E-state index in [9.17, 15) is 8.42 Å². The minimum atomic E-state index is -3.76. The minimum Gasteiger partial charge on any atom is -0.369 e. The van der Waals surface area contributed by atoms with Crippen molar-refractivity contribution in [1.82, 2.24) is 15.0 Å². The monoisotopic (exact) mass is 358 g/mol. The molecule has 0 saturated heterocycles. The summed E-state index contributed by atoms with van der Waals surface area (Å²) in [5.41, 5.74) is 1.25. The number of hydrogen-bond donors (Lipinski definition) is 4. The van der Waals surface area contributed by atoms with Crippen LogP contribution in [0.15, 0.2) is 41.4 Å². The van der Waals surface area contributed by atoms with E-state index in [0.717, 1.165) is 17.7 Å². The zero-order chi connectivity index (χ0) is 17.4. The number of rotatable bonds is 6. The zero-order valence-corrected chi connectivity index (χ0v) is 14.2. The number of benzene rings is 1. The fourth-order valence-electron chi connectivity index (χ4n) is 2.57. The molecule has 130 valence electrons. The second-order valence-corrected chi connectivity index (χ2v) is 7.72. The molecule has 1 aromatic carbocycles. The average Bonchev–Trinajstić information content (AvgIpc) is 3.28. The first-order valence-electron chi connectivity index (χ1n) is 7.98. The third kappa shape index (κ3) is 3.57. The number of sulfonamides is 1. The van der Waals surface area contributed by atoms with Gasteiger partial charge in [-0.1, -0.05) is 6.07 Å². The van der Waals surface area contributed by atoms with Crippen molar-refractivity contribution in [2.75, 3.05) is 17.2 Å². The van der Waals surface area contributed by atoms with Gasteiger partial charge in [-0.15, -0.1) is 0 Å². The topological polar surface area (TPSA) is 126 Å². The third-order valence-electron chi connectivity index (χ3n) is 4.09. The summed E-state index contributed by atoms with van der Waals surface area (Å²) in [4.78, 5) is 12.1. The van der Waals surface area contributed by atoms with Gasteiger partial charge in [-0.3, -0.25) is 0 Å². The maximum Gasteiger partial charge on any atom is 0.238 e. The van der Waals surface area contributed by atoms with Gasteiger partial charge < -0.3 is 15.6 Å². The van der Waals surface area contributed by atoms with Gasteiger partial charge in [0.25, 0.3) is 0 Å². The van der Waals surface area contributed by atoms with Crippen molar-refractivity contribution in [2.45, 2.75) is 17.7 Å². The Labute approximate surface area is 144 Å². The van der Waals surface area contributed by atoms with Crippen molar-refractivity contribution in [3.8, 4) is 0 Å². The Morgan fingerprint density at radius 3 is 2.84 bits per heavy atom. The summed E-state index contributed by atoms with van der Waals surface area (Å²) in [6, 6.07) is 8.17. The molecule has 9 heteroatoms. The SMILES string of the molecule is NS(=O)(=O)c1cccc(Nc2nc(NCC3CC3)c3cc[nH]c3n2)c1. The van der Waals surface area contributed by atoms with Gasteiger partial charge in [-0.25, -0.2) is 13.6 Å². The van der Waals surface area contributed by atoms with Gasteiger partial charge in [-0.05, 0) is 43.0 Å². The van der Waals surface area contributed by atoms with Crippen molar-refractivity contribution in [3.05, 3.63) is 36.5 Å². The molecule has 0 bridgehead atoms. The van der Waals surface area contributed by atoms with Crippen LogP contribution in [-0.4, -0.2) is 29.9 Å². The summed E-state index contributed by atoms with van der Waals surface area (Å²) >= 11 is 0. The van der Waals surface area contributed by atoms with Crippen LogP contribution in [-0.2, 0) is 10.0 Å². The van der Waals surface area contributed by atoms with Crippen molar-refractivity contribution in [1.29, 1.82) is 0 Å². The van der Waals surface area contributed by atoms with Crippen molar-refractivity contribution in [2.24, 2.45) is 11.1 Å². The molecular weight excluding hydrogens is 340 g/mol. The third-order valence-corrected chi connectivity index (χ3v) is 5.00. The summed E-state index contributed by atoms with van der Waals surface area (Å²) in [6.45, 7) is 0.887. The maximum absolute atomic E-state index is 11.5. The van der Waals surface area contributed by atoms with Gasteiger partial charge in [0.05, 0.1) is 10.3 Å². The van der Waals surface area contributed by atoms with Gasteiger partial charge >= 0.3 is 0 Å². The summed E-state index contributed by atoms with van der Waals surface area (Å²) in [6.07, 6.45) is 4.31. The number of nitrogens with one attached hydrogen (secondary N) is 3. The Hall–Kier alpha value is -2.65. The van der Waals surface area contributed by atoms with Crippen LogP contribution in [0.25, 0.3) is 11.0 Å². The molecule has 8 nitrogen and oxygen atoms in total. The second kappa shape index (κ2) is 6.01. The van der Waals surface area contributed by atoms with E-state index in [1.165, 1.54) is 25.0 Å². The van der Waals surface area contributed by atoms with E-state index in [1.807, 2.05) is 12.3 Å². The van der Waals surface area contributed by atoms with Gasteiger partial charge in [0.1, 0.15) is 11.5 Å². The van der Waals surface area contributed by atoms with Crippen LogP contribution in [0.3, 0.4) is 0 Å². The molecule has 0 unspecified atom stereocenters. The predicted octanol–water partition coefficient (Wildman–Crippen LogP) is 2.17. The molecule has 0 radical (unpaired) electrons. The van der Waals surface area contributed by atoms with E-state index in [-0.39, 0.29) is 4.90 Å². The van der Waals surface area contributed by atoms with Crippen LogP contribution in [0, 0.1) is 5.92 Å². The number of anilines is 3. The van der Waals surface area contributed by atoms with Crippen LogP contribution in [0.1, 0.15) is 12.8 Å². The van der Waals surface area contributed by atoms with E-state index in [2.05, 4.69) is 25.6 Å². The molecule has 3 aromatic rings. The average molecular weight is 358 g/mol. The fourth-order valence-corrected chi connectivity index (χ4v) is 3.13. The van der Waals surface area contributed by atoms with Crippen LogP contribution < -0.4 is 15.8 Å². The van der Waals surface area contributed by atoms with Crippen molar-refractivity contribution < 1.29 is 8.42 Å². The van der Waals surface area contributed by atoms with Crippen molar-refractivity contribution >= 4 is 38.5 Å². The number of aromatic nitrogens is 3. The molecule has 4 rings (SSSR count). The molecule has 5 N–H and O–H groups in total. The first-order valence-corrected chi connectivity index (χ1v) is 9.52. The van der Waals surface area contributed by atoms with Crippen LogP contribution in [0.2, 0.25) is 0 Å². The van der Waals surface area contributed by atoms with Crippen LogP contribution in [0.5, 0.6) is 0 Å². The lowest BCUT2D eigenvalue weighted by atomic mass is 10.3. The molecule has 0 aliphatic heterocycles. The number of primary sulfonamides is 1. The molecular formula is C16H18N6O2S. The lowest BCUT2D eigenvalue weighted by Crippen LogP contribution is -2.12. The van der Waals surface area contributed by atoms with Crippen LogP contribution >= 0.6 is 0 Å². The smallest absolute Gasteiger partial charge is 0.238 e. The molecule has 1 aliphatic carbocycles. The quantitative estimate of drug-likeness (QED) is 0.535. The summed E-state index contributed by atoms with van der Waals surface area (Å²) in [5.74, 6) is 1.84. The highest BCUT2D eigenvalue weighted by Gasteiger charge is 2.21. The number of aromatic amines is 1. The Balaban J connectivity index is 1.64. The predicted molar refractivity (Wildman–Crippen MR) is 96.2 cm³/mol. The fraction of sp³-hybridized carbons (Fsp3) is 0.250. The zero-order valence-electron chi connectivity index (χ0n) is 13.4. The van der Waals surface area contributed by atoms with E-state index in [4.69, 9.17) is 5.14 Å². The molecule has 2 aromatic heterocycles. The molecule has 1 saturated carbocycles. The van der Waals surface area contributed by atoms with E-state index >= 15 is 0 Å². The lowest BCUT2D eigenvalue weighted by Gasteiger charge is -2.10. The highest BCUT2D eigenvalue weighted by Crippen LogP contribution is 2.30. The normalized spacial score (nSPS) is 14.6. The summed E-state index contributed by atoms with van der Waals surface area (Å²) in [7, 11) is -3.76. The maximum atomic E-state index is 11.5. The number of hydrogen-bond acceptors (Lipinski definition) is 6. The second-order valence-electron chi connectivity index (χ2n) is 6.16. The Morgan fingerprint density at radius 2 is 2.08 bits per heavy atom. The van der Waals surface area contributed by atoms with Crippen LogP contribution in [0.4, 0.5) is 17.5 Å². The number of nitrogens with two attached hydrogens (primary N) is 1. The largest absolute Gasteiger partial charge is 0.369 e. The first-order chi connectivity index (χ1) is 12.0. The van der Waals surface area contributed by atoms with Gasteiger partial charge in [0, 0.05) is 18.4 Å². The first kappa shape index (κ1) is 15.9. The molecule has 0 atom stereocenters. The Bertz CT molecular complexity index is 1030. The number of H-pyrrole nitrogens is 1. The summed E-state index contributed by atoms with van der Waals surface area (Å²) in [5, 5.41) is 12.5. The Morgan fingerprint density at radius 1 is 1.24 bits per heavy atom. The minimum absolute atomic E-state index is 0.0329. The lowest BCUT2D eigenvalue weighted by molar-refractivity contribution is 0.598. The number of nitrogens with zero attached hydrogens (tertiary/aromatic N) is 2. The van der Waals surface area contributed by atoms with Gasteiger partial charge in [0.15, 0.2) is 0 Å². The molecule has 0 spiro atoms. The van der Waals surface area contributed by atoms with E-state index < -0.39 is 10.0 Å². The van der Waals surface area contributed by atoms with Gasteiger partial charge in [0.2, 0.25) is 16.0 Å². The highest BCUT2D eigenvalue weighted by molar-refractivity contribution is 7.89. The molecule has 0 amide bonds. The highest BCUT2D eigenvalue weighted by atomic mass is 32.2. The van der Waals surface area contributed by atoms with E-state index in [1.54, 1.807) is 12.1 Å². The van der Waals surface area contributed by atoms with Crippen molar-refractivity contribution in [3.63, 3.8) is 0 Å². The standard InChI is InChI=1S/C16H18N6O2S/c17-25(23,24)12-3-1-2-11(8-12)20-16-21-14-13(6-7-18-14)15(22-16)19-9-10-4-5-10/h1-3,6-8,10H,4-5,9H2,(H2,17,23,24)(H3,18,19,20,21,22).